The Morgan fingerprint density at radius 1 is 1.29 bits per heavy atom. The van der Waals surface area contributed by atoms with Crippen molar-refractivity contribution < 1.29 is 0 Å². The second-order valence-corrected chi connectivity index (χ2v) is 5.10. The Hall–Kier alpha value is -0.860. The Bertz CT molecular complexity index is 323. The van der Waals surface area contributed by atoms with Gasteiger partial charge in [-0.15, -0.1) is 0 Å². The summed E-state index contributed by atoms with van der Waals surface area (Å²) < 4.78 is 0. The van der Waals surface area contributed by atoms with Gasteiger partial charge in [0.15, 0.2) is 0 Å². The quantitative estimate of drug-likeness (QED) is 0.839. The van der Waals surface area contributed by atoms with E-state index < -0.39 is 0 Å². The van der Waals surface area contributed by atoms with Crippen molar-refractivity contribution in [2.24, 2.45) is 5.92 Å². The molecule has 1 aliphatic rings. The maximum atomic E-state index is 3.54. The molecular weight excluding hydrogens is 208 g/mol. The molecule has 2 atom stereocenters. The standard InChI is InChI=1S/C15H24N2/c1-3-17(11-14-7-5-4-6-8-14)12-15-9-10-16-13(15)2/h4-8,13,15-16H,3,9-12H2,1-2H3. The molecular formula is C15H24N2. The second kappa shape index (κ2) is 6.18. The van der Waals surface area contributed by atoms with E-state index in [1.165, 1.54) is 25.1 Å². The van der Waals surface area contributed by atoms with E-state index in [0.29, 0.717) is 6.04 Å². The van der Waals surface area contributed by atoms with E-state index in [2.05, 4.69) is 54.4 Å². The zero-order valence-corrected chi connectivity index (χ0v) is 11.0. The highest BCUT2D eigenvalue weighted by Crippen LogP contribution is 2.17. The Balaban J connectivity index is 1.88. The molecule has 0 radical (unpaired) electrons. The normalized spacial score (nSPS) is 24.4. The first-order valence-corrected chi connectivity index (χ1v) is 6.79. The van der Waals surface area contributed by atoms with Gasteiger partial charge in [-0.3, -0.25) is 4.90 Å². The van der Waals surface area contributed by atoms with Gasteiger partial charge in [0, 0.05) is 19.1 Å². The molecule has 0 aromatic heterocycles. The van der Waals surface area contributed by atoms with Crippen LogP contribution in [-0.4, -0.2) is 30.6 Å². The average Bonchev–Trinajstić information content (AvgIpc) is 2.75. The van der Waals surface area contributed by atoms with Crippen LogP contribution in [0.2, 0.25) is 0 Å². The first-order valence-electron chi connectivity index (χ1n) is 6.79. The van der Waals surface area contributed by atoms with Crippen LogP contribution in [0.3, 0.4) is 0 Å². The molecule has 2 nitrogen and oxygen atoms in total. The maximum Gasteiger partial charge on any atom is 0.0233 e. The molecule has 1 aliphatic heterocycles. The molecule has 2 rings (SSSR count). The van der Waals surface area contributed by atoms with E-state index in [0.717, 1.165) is 19.0 Å². The Morgan fingerprint density at radius 2 is 2.06 bits per heavy atom. The molecule has 1 aromatic carbocycles. The minimum absolute atomic E-state index is 0.680. The molecule has 1 fully saturated rings. The first kappa shape index (κ1) is 12.6. The van der Waals surface area contributed by atoms with Crippen molar-refractivity contribution in [2.75, 3.05) is 19.6 Å². The molecule has 2 unspecified atom stereocenters. The van der Waals surface area contributed by atoms with E-state index in [-0.39, 0.29) is 0 Å². The largest absolute Gasteiger partial charge is 0.314 e. The van der Waals surface area contributed by atoms with Gasteiger partial charge in [0.1, 0.15) is 0 Å². The van der Waals surface area contributed by atoms with Crippen LogP contribution in [0.15, 0.2) is 30.3 Å². The van der Waals surface area contributed by atoms with E-state index in [9.17, 15) is 0 Å². The summed E-state index contributed by atoms with van der Waals surface area (Å²) in [5, 5.41) is 3.54. The molecule has 0 aliphatic carbocycles. The Labute approximate surface area is 105 Å². The lowest BCUT2D eigenvalue weighted by atomic mass is 10.0. The van der Waals surface area contributed by atoms with Gasteiger partial charge in [-0.1, -0.05) is 37.3 Å². The SMILES string of the molecule is CCN(Cc1ccccc1)CC1CCNC1C. The average molecular weight is 232 g/mol. The van der Waals surface area contributed by atoms with Gasteiger partial charge in [0.25, 0.3) is 0 Å². The molecule has 0 bridgehead atoms. The van der Waals surface area contributed by atoms with Crippen molar-refractivity contribution >= 4 is 0 Å². The van der Waals surface area contributed by atoms with Crippen LogP contribution >= 0.6 is 0 Å². The van der Waals surface area contributed by atoms with Gasteiger partial charge in [-0.25, -0.2) is 0 Å². The lowest BCUT2D eigenvalue weighted by molar-refractivity contribution is 0.226. The first-order chi connectivity index (χ1) is 8.29. The predicted octanol–water partition coefficient (Wildman–Crippen LogP) is 2.51. The maximum absolute atomic E-state index is 3.54. The number of hydrogen-bond donors (Lipinski definition) is 1. The van der Waals surface area contributed by atoms with Crippen LogP contribution in [0.4, 0.5) is 0 Å². The van der Waals surface area contributed by atoms with Gasteiger partial charge >= 0.3 is 0 Å². The van der Waals surface area contributed by atoms with E-state index in [4.69, 9.17) is 0 Å². The minimum atomic E-state index is 0.680. The van der Waals surface area contributed by atoms with Gasteiger partial charge in [0.05, 0.1) is 0 Å². The summed E-state index contributed by atoms with van der Waals surface area (Å²) in [6.07, 6.45) is 1.33. The summed E-state index contributed by atoms with van der Waals surface area (Å²) in [5.74, 6) is 0.818. The van der Waals surface area contributed by atoms with E-state index in [1.54, 1.807) is 0 Å². The molecule has 1 aromatic rings. The zero-order valence-electron chi connectivity index (χ0n) is 11.0. The van der Waals surface area contributed by atoms with Crippen molar-refractivity contribution in [3.63, 3.8) is 0 Å². The fourth-order valence-corrected chi connectivity index (χ4v) is 2.64. The van der Waals surface area contributed by atoms with Crippen LogP contribution in [0.1, 0.15) is 25.8 Å². The molecule has 1 N–H and O–H groups in total. The third kappa shape index (κ3) is 3.55. The summed E-state index contributed by atoms with van der Waals surface area (Å²) in [4.78, 5) is 2.56. The number of hydrogen-bond acceptors (Lipinski definition) is 2. The van der Waals surface area contributed by atoms with Crippen LogP contribution in [-0.2, 0) is 6.54 Å². The van der Waals surface area contributed by atoms with Gasteiger partial charge in [-0.2, -0.15) is 0 Å². The summed E-state index contributed by atoms with van der Waals surface area (Å²) in [6.45, 7) is 9.21. The monoisotopic (exact) mass is 232 g/mol. The Kier molecular flexibility index (Phi) is 4.57. The lowest BCUT2D eigenvalue weighted by Crippen LogP contribution is -2.34. The van der Waals surface area contributed by atoms with Crippen LogP contribution in [0, 0.1) is 5.92 Å². The van der Waals surface area contributed by atoms with E-state index >= 15 is 0 Å². The van der Waals surface area contributed by atoms with E-state index in [1.807, 2.05) is 0 Å². The van der Waals surface area contributed by atoms with Crippen molar-refractivity contribution in [3.8, 4) is 0 Å². The molecule has 2 heteroatoms. The second-order valence-electron chi connectivity index (χ2n) is 5.10. The molecule has 1 saturated heterocycles. The van der Waals surface area contributed by atoms with Crippen LogP contribution < -0.4 is 5.32 Å². The highest BCUT2D eigenvalue weighted by Gasteiger charge is 2.24. The Morgan fingerprint density at radius 3 is 2.65 bits per heavy atom. The highest BCUT2D eigenvalue weighted by atomic mass is 15.1. The number of nitrogens with one attached hydrogen (secondary N) is 1. The molecule has 1 heterocycles. The summed E-state index contributed by atoms with van der Waals surface area (Å²) >= 11 is 0. The predicted molar refractivity (Wildman–Crippen MR) is 73.0 cm³/mol. The molecule has 0 saturated carbocycles. The number of nitrogens with zero attached hydrogens (tertiary/aromatic N) is 1. The number of rotatable bonds is 5. The van der Waals surface area contributed by atoms with Crippen molar-refractivity contribution in [2.45, 2.75) is 32.9 Å². The smallest absolute Gasteiger partial charge is 0.0233 e. The number of benzene rings is 1. The van der Waals surface area contributed by atoms with Gasteiger partial charge < -0.3 is 5.32 Å². The van der Waals surface area contributed by atoms with Crippen molar-refractivity contribution in [1.82, 2.24) is 10.2 Å². The molecule has 94 valence electrons. The van der Waals surface area contributed by atoms with Crippen molar-refractivity contribution in [1.29, 1.82) is 0 Å². The van der Waals surface area contributed by atoms with Crippen LogP contribution in [0.5, 0.6) is 0 Å². The fraction of sp³-hybridized carbons (Fsp3) is 0.600. The van der Waals surface area contributed by atoms with Gasteiger partial charge in [-0.05, 0) is 37.9 Å². The van der Waals surface area contributed by atoms with Crippen molar-refractivity contribution in [3.05, 3.63) is 35.9 Å². The summed E-state index contributed by atoms with van der Waals surface area (Å²) in [7, 11) is 0. The minimum Gasteiger partial charge on any atom is -0.314 e. The zero-order chi connectivity index (χ0) is 12.1. The van der Waals surface area contributed by atoms with Gasteiger partial charge in [0.2, 0.25) is 0 Å². The van der Waals surface area contributed by atoms with Crippen LogP contribution in [0.25, 0.3) is 0 Å². The fourth-order valence-electron chi connectivity index (χ4n) is 2.64. The molecule has 17 heavy (non-hydrogen) atoms. The third-order valence-corrected chi connectivity index (χ3v) is 3.88. The molecule has 0 amide bonds. The topological polar surface area (TPSA) is 15.3 Å². The lowest BCUT2D eigenvalue weighted by Gasteiger charge is -2.26. The third-order valence-electron chi connectivity index (χ3n) is 3.88. The summed E-state index contributed by atoms with van der Waals surface area (Å²) in [5.41, 5.74) is 1.42. The highest BCUT2D eigenvalue weighted by molar-refractivity contribution is 5.14. The molecule has 0 spiro atoms. The summed E-state index contributed by atoms with van der Waals surface area (Å²) in [6, 6.07) is 11.5.